The maximum absolute atomic E-state index is 12.4. The minimum Gasteiger partial charge on any atom is -1.00 e. The number of carbonyl (C=O) groups is 1. The van der Waals surface area contributed by atoms with Gasteiger partial charge >= 0.3 is 0 Å². The molecule has 4 rings (SSSR count). The molecule has 4 aromatic rings. The van der Waals surface area contributed by atoms with Crippen LogP contribution in [0, 0.1) is 0 Å². The molecule has 4 heteroatoms. The van der Waals surface area contributed by atoms with Crippen molar-refractivity contribution in [2.45, 2.75) is 6.54 Å². The third kappa shape index (κ3) is 4.60. The van der Waals surface area contributed by atoms with Crippen molar-refractivity contribution in [3.8, 4) is 0 Å². The number of rotatable bonds is 5. The molecule has 0 spiro atoms. The summed E-state index contributed by atoms with van der Waals surface area (Å²) in [6.07, 6.45) is 7.41. The Morgan fingerprint density at radius 3 is 2.56 bits per heavy atom. The van der Waals surface area contributed by atoms with Gasteiger partial charge in [-0.05, 0) is 30.4 Å². The van der Waals surface area contributed by atoms with E-state index in [1.54, 1.807) is 12.1 Å². The van der Waals surface area contributed by atoms with E-state index in [-0.39, 0.29) is 22.8 Å². The highest BCUT2D eigenvalue weighted by Gasteiger charge is 2.09. The molecule has 0 aliphatic rings. The number of benzene rings is 2. The van der Waals surface area contributed by atoms with Crippen LogP contribution in [-0.4, -0.2) is 5.78 Å². The van der Waals surface area contributed by atoms with Gasteiger partial charge in [-0.3, -0.25) is 4.79 Å². The lowest BCUT2D eigenvalue weighted by Gasteiger charge is -1.98. The lowest BCUT2D eigenvalue weighted by molar-refractivity contribution is -0.688. The van der Waals surface area contributed by atoms with E-state index in [1.165, 1.54) is 5.56 Å². The van der Waals surface area contributed by atoms with Gasteiger partial charge in [-0.2, -0.15) is 0 Å². The van der Waals surface area contributed by atoms with Crippen LogP contribution < -0.4 is 21.5 Å². The average Bonchev–Trinajstić information content (AvgIpc) is 3.12. The van der Waals surface area contributed by atoms with Gasteiger partial charge in [-0.1, -0.05) is 48.5 Å². The number of ketones is 1. The highest BCUT2D eigenvalue weighted by atomic mass is 79.9. The smallest absolute Gasteiger partial charge is 0.221 e. The molecule has 0 unspecified atom stereocenters. The van der Waals surface area contributed by atoms with E-state index in [2.05, 4.69) is 16.7 Å². The lowest BCUT2D eigenvalue weighted by Crippen LogP contribution is -3.00. The molecular weight excluding hydrogens is 402 g/mol. The molecule has 2 heterocycles. The van der Waals surface area contributed by atoms with Crippen molar-refractivity contribution in [3.63, 3.8) is 0 Å². The molecular formula is C23H18BrNO2. The number of fused-ring (bicyclic) bond motifs is 1. The number of allylic oxidation sites excluding steroid dienone is 1. The van der Waals surface area contributed by atoms with Crippen LogP contribution in [0.25, 0.3) is 17.0 Å². The first-order valence-corrected chi connectivity index (χ1v) is 8.52. The number of carbonyl (C=O) groups excluding carboxylic acids is 1. The number of aromatic nitrogens is 1. The van der Waals surface area contributed by atoms with Crippen LogP contribution in [0.5, 0.6) is 0 Å². The zero-order chi connectivity index (χ0) is 17.8. The summed E-state index contributed by atoms with van der Waals surface area (Å²) in [5, 5.41) is 0.935. The molecule has 3 nitrogen and oxygen atoms in total. The lowest BCUT2D eigenvalue weighted by atomic mass is 10.2. The minimum atomic E-state index is -0.139. The van der Waals surface area contributed by atoms with Gasteiger partial charge in [0.15, 0.2) is 24.7 Å². The van der Waals surface area contributed by atoms with Crippen LogP contribution in [0.1, 0.15) is 21.7 Å². The van der Waals surface area contributed by atoms with Gasteiger partial charge in [0.1, 0.15) is 5.58 Å². The van der Waals surface area contributed by atoms with Gasteiger partial charge in [0.25, 0.3) is 0 Å². The zero-order valence-electron chi connectivity index (χ0n) is 14.6. The summed E-state index contributed by atoms with van der Waals surface area (Å²) >= 11 is 0. The number of hydrogen-bond donors (Lipinski definition) is 0. The van der Waals surface area contributed by atoms with Crippen molar-refractivity contribution >= 4 is 22.8 Å². The van der Waals surface area contributed by atoms with E-state index in [1.807, 2.05) is 73.1 Å². The fourth-order valence-corrected chi connectivity index (χ4v) is 2.89. The van der Waals surface area contributed by atoms with Crippen molar-refractivity contribution in [2.75, 3.05) is 0 Å². The summed E-state index contributed by atoms with van der Waals surface area (Å²) in [4.78, 5) is 12.4. The Bertz CT molecular complexity index is 1050. The Morgan fingerprint density at radius 1 is 0.963 bits per heavy atom. The Hall–Kier alpha value is -2.98. The van der Waals surface area contributed by atoms with Crippen LogP contribution in [0.15, 0.2) is 95.7 Å². The molecule has 0 aliphatic carbocycles. The van der Waals surface area contributed by atoms with Crippen LogP contribution in [0.2, 0.25) is 0 Å². The molecule has 0 aliphatic heterocycles. The van der Waals surface area contributed by atoms with E-state index in [0.29, 0.717) is 5.76 Å². The first kappa shape index (κ1) is 18.8. The second-order valence-corrected chi connectivity index (χ2v) is 6.14. The Kier molecular flexibility index (Phi) is 5.99. The molecule has 2 aromatic carbocycles. The maximum atomic E-state index is 12.4. The summed E-state index contributed by atoms with van der Waals surface area (Å²) in [7, 11) is 0. The fourth-order valence-electron chi connectivity index (χ4n) is 2.89. The number of halogens is 1. The number of para-hydroxylation sites is 1. The van der Waals surface area contributed by atoms with Crippen LogP contribution >= 0.6 is 0 Å². The molecule has 0 saturated carbocycles. The monoisotopic (exact) mass is 419 g/mol. The molecule has 0 fully saturated rings. The Morgan fingerprint density at radius 2 is 1.74 bits per heavy atom. The molecule has 0 amide bonds. The summed E-state index contributed by atoms with van der Waals surface area (Å²) in [5.74, 6) is 0.218. The van der Waals surface area contributed by atoms with Crippen molar-refractivity contribution < 1.29 is 30.8 Å². The maximum Gasteiger partial charge on any atom is 0.221 e. The Balaban J connectivity index is 0.00000210. The largest absolute Gasteiger partial charge is 1.00 e. The predicted octanol–water partition coefficient (Wildman–Crippen LogP) is 1.67. The molecule has 2 aromatic heterocycles. The van der Waals surface area contributed by atoms with Crippen molar-refractivity contribution in [1.29, 1.82) is 0 Å². The van der Waals surface area contributed by atoms with Crippen LogP contribution in [-0.2, 0) is 6.54 Å². The highest BCUT2D eigenvalue weighted by Crippen LogP contribution is 2.19. The normalized spacial score (nSPS) is 10.8. The molecule has 0 bridgehead atoms. The molecule has 0 N–H and O–H groups in total. The standard InChI is InChI=1S/C23H18NO2.BrH/c25-21(23-15-20-10-4-5-11-22(20)26-23)13-12-19-9-6-14-24(17-19)16-18-7-2-1-3-8-18;/h1-15,17H,16H2;1H/q+1;/p-1/b13-12+;. The number of furan rings is 1. The van der Waals surface area contributed by atoms with Crippen molar-refractivity contribution in [1.82, 2.24) is 0 Å². The van der Waals surface area contributed by atoms with Gasteiger partial charge in [0, 0.05) is 22.6 Å². The Labute approximate surface area is 168 Å². The molecule has 0 radical (unpaired) electrons. The highest BCUT2D eigenvalue weighted by molar-refractivity contribution is 6.06. The zero-order valence-corrected chi connectivity index (χ0v) is 16.2. The van der Waals surface area contributed by atoms with E-state index in [4.69, 9.17) is 4.42 Å². The molecule has 0 saturated heterocycles. The number of pyridine rings is 1. The van der Waals surface area contributed by atoms with Gasteiger partial charge in [0.05, 0.1) is 0 Å². The summed E-state index contributed by atoms with van der Waals surface area (Å²) < 4.78 is 7.71. The van der Waals surface area contributed by atoms with Gasteiger partial charge in [0.2, 0.25) is 5.78 Å². The van der Waals surface area contributed by atoms with Crippen LogP contribution in [0.3, 0.4) is 0 Å². The van der Waals surface area contributed by atoms with E-state index >= 15 is 0 Å². The third-order valence-electron chi connectivity index (χ3n) is 4.18. The summed E-state index contributed by atoms with van der Waals surface area (Å²) in [6, 6.07) is 23.6. The first-order valence-electron chi connectivity index (χ1n) is 8.52. The molecule has 134 valence electrons. The first-order chi connectivity index (χ1) is 12.8. The quantitative estimate of drug-likeness (QED) is 0.280. The van der Waals surface area contributed by atoms with Crippen molar-refractivity contribution in [3.05, 3.63) is 108 Å². The van der Waals surface area contributed by atoms with Gasteiger partial charge in [-0.25, -0.2) is 4.57 Å². The third-order valence-corrected chi connectivity index (χ3v) is 4.18. The average molecular weight is 420 g/mol. The second kappa shape index (κ2) is 8.60. The fraction of sp³-hybridized carbons (Fsp3) is 0.0435. The molecule has 27 heavy (non-hydrogen) atoms. The number of nitrogens with zero attached hydrogens (tertiary/aromatic N) is 1. The van der Waals surface area contributed by atoms with Crippen molar-refractivity contribution in [2.24, 2.45) is 0 Å². The summed E-state index contributed by atoms with van der Waals surface area (Å²) in [5.41, 5.74) is 2.93. The SMILES string of the molecule is O=C(/C=C/c1ccc[n+](Cc2ccccc2)c1)c1cc2ccccc2o1.[Br-]. The summed E-state index contributed by atoms with van der Waals surface area (Å²) in [6.45, 7) is 0.792. The van der Waals surface area contributed by atoms with E-state index in [0.717, 1.165) is 23.1 Å². The topological polar surface area (TPSA) is 34.1 Å². The number of hydrogen-bond acceptors (Lipinski definition) is 2. The van der Waals surface area contributed by atoms with Gasteiger partial charge in [-0.15, -0.1) is 0 Å². The van der Waals surface area contributed by atoms with E-state index in [9.17, 15) is 4.79 Å². The second-order valence-electron chi connectivity index (χ2n) is 6.14. The minimum absolute atomic E-state index is 0. The predicted molar refractivity (Wildman–Crippen MR) is 102 cm³/mol. The molecule has 0 atom stereocenters. The van der Waals surface area contributed by atoms with Crippen LogP contribution in [0.4, 0.5) is 0 Å². The van der Waals surface area contributed by atoms with Gasteiger partial charge < -0.3 is 21.4 Å². The van der Waals surface area contributed by atoms with E-state index < -0.39 is 0 Å².